The van der Waals surface area contributed by atoms with Crippen LogP contribution in [-0.4, -0.2) is 35.6 Å². The molecule has 154 valence electrons. The largest absolute Gasteiger partial charge is 0.469 e. The number of halogens is 2. The number of thiazole rings is 1. The Hall–Kier alpha value is -3.86. The minimum Gasteiger partial charge on any atom is -0.469 e. The van der Waals surface area contributed by atoms with E-state index in [0.717, 1.165) is 21.6 Å². The highest BCUT2D eigenvalue weighted by Gasteiger charge is 2.19. The van der Waals surface area contributed by atoms with Crippen molar-refractivity contribution < 1.29 is 13.5 Å². The summed E-state index contributed by atoms with van der Waals surface area (Å²) in [6, 6.07) is 9.66. The second-order valence-electron chi connectivity index (χ2n) is 6.54. The number of benzene rings is 1. The highest BCUT2D eigenvalue weighted by atomic mass is 32.1. The fraction of sp³-hybridized carbons (Fsp3) is 0.100. The molecule has 4 heterocycles. The smallest absolute Gasteiger partial charge is 0.233 e. The summed E-state index contributed by atoms with van der Waals surface area (Å²) in [6.45, 7) is 2.09. The van der Waals surface area contributed by atoms with E-state index in [-0.39, 0.29) is 28.9 Å². The molecule has 0 saturated heterocycles. The maximum Gasteiger partial charge on any atom is 0.233 e. The Labute approximate surface area is 178 Å². The van der Waals surface area contributed by atoms with E-state index in [1.807, 2.05) is 6.92 Å². The first kappa shape index (κ1) is 19.1. The van der Waals surface area contributed by atoms with E-state index in [4.69, 9.17) is 4.74 Å². The molecule has 0 aliphatic rings. The topological polar surface area (TPSA) is 102 Å². The van der Waals surface area contributed by atoms with Gasteiger partial charge in [-0.05, 0) is 31.2 Å². The van der Waals surface area contributed by atoms with E-state index in [0.29, 0.717) is 11.6 Å². The van der Waals surface area contributed by atoms with E-state index >= 15 is 0 Å². The number of rotatable bonds is 5. The van der Waals surface area contributed by atoms with E-state index in [1.165, 1.54) is 11.3 Å². The number of pyridine rings is 1. The third-order valence-electron chi connectivity index (χ3n) is 4.49. The molecule has 0 atom stereocenters. The van der Waals surface area contributed by atoms with Gasteiger partial charge in [0.1, 0.15) is 17.1 Å². The number of aromatic nitrogens is 7. The quantitative estimate of drug-likeness (QED) is 0.442. The second kappa shape index (κ2) is 7.76. The zero-order chi connectivity index (χ0) is 21.4. The molecule has 0 spiro atoms. The van der Waals surface area contributed by atoms with Gasteiger partial charge in [-0.25, -0.2) is 18.7 Å². The maximum absolute atomic E-state index is 14.9. The van der Waals surface area contributed by atoms with Gasteiger partial charge in [-0.2, -0.15) is 5.10 Å². The minimum atomic E-state index is -0.676. The van der Waals surface area contributed by atoms with Gasteiger partial charge in [0.05, 0.1) is 22.0 Å². The molecule has 31 heavy (non-hydrogen) atoms. The van der Waals surface area contributed by atoms with Crippen LogP contribution in [0.5, 0.6) is 5.88 Å². The van der Waals surface area contributed by atoms with E-state index in [1.54, 1.807) is 36.5 Å². The third-order valence-corrected chi connectivity index (χ3v) is 5.65. The molecule has 0 aliphatic carbocycles. The van der Waals surface area contributed by atoms with Crippen molar-refractivity contribution in [2.45, 2.75) is 13.5 Å². The van der Waals surface area contributed by atoms with Gasteiger partial charge in [-0.3, -0.25) is 5.10 Å². The predicted molar refractivity (Wildman–Crippen MR) is 109 cm³/mol. The van der Waals surface area contributed by atoms with Crippen molar-refractivity contribution in [1.82, 2.24) is 35.6 Å². The van der Waals surface area contributed by atoms with Gasteiger partial charge in [-0.1, -0.05) is 11.3 Å². The molecule has 0 aliphatic heterocycles. The number of aryl methyl sites for hydroxylation is 1. The lowest BCUT2D eigenvalue weighted by Gasteiger charge is -2.06. The summed E-state index contributed by atoms with van der Waals surface area (Å²) in [5, 5.41) is 17.8. The van der Waals surface area contributed by atoms with Crippen molar-refractivity contribution in [3.05, 3.63) is 64.9 Å². The lowest BCUT2D eigenvalue weighted by Crippen LogP contribution is -1.97. The van der Waals surface area contributed by atoms with Crippen LogP contribution in [0.2, 0.25) is 0 Å². The molecular formula is C20H13F2N7OS. The first-order valence-electron chi connectivity index (χ1n) is 9.13. The van der Waals surface area contributed by atoms with Gasteiger partial charge >= 0.3 is 0 Å². The van der Waals surface area contributed by atoms with Crippen molar-refractivity contribution in [1.29, 1.82) is 0 Å². The van der Waals surface area contributed by atoms with Crippen LogP contribution in [-0.2, 0) is 6.61 Å². The molecule has 5 aromatic rings. The van der Waals surface area contributed by atoms with Crippen molar-refractivity contribution in [2.24, 2.45) is 0 Å². The van der Waals surface area contributed by atoms with Gasteiger partial charge in [0.15, 0.2) is 17.2 Å². The van der Waals surface area contributed by atoms with Gasteiger partial charge < -0.3 is 4.74 Å². The third kappa shape index (κ3) is 3.59. The van der Waals surface area contributed by atoms with Crippen molar-refractivity contribution in [3.8, 4) is 27.7 Å². The van der Waals surface area contributed by atoms with Crippen LogP contribution < -0.4 is 4.74 Å². The molecule has 0 fully saturated rings. The van der Waals surface area contributed by atoms with Crippen LogP contribution >= 0.6 is 11.3 Å². The molecule has 1 N–H and O–H groups in total. The number of hydrogen-bond acceptors (Lipinski definition) is 8. The molecule has 0 unspecified atom stereocenters. The lowest BCUT2D eigenvalue weighted by molar-refractivity contribution is 0.289. The van der Waals surface area contributed by atoms with Crippen LogP contribution in [0.15, 0.2) is 42.6 Å². The fourth-order valence-electron chi connectivity index (χ4n) is 3.09. The van der Waals surface area contributed by atoms with Crippen molar-refractivity contribution in [2.75, 3.05) is 0 Å². The minimum absolute atomic E-state index is 0.0197. The first-order valence-corrected chi connectivity index (χ1v) is 9.95. The normalized spacial score (nSPS) is 11.2. The average Bonchev–Trinajstić information content (AvgIpc) is 3.43. The molecule has 5 rings (SSSR count). The fourth-order valence-corrected chi connectivity index (χ4v) is 4.04. The predicted octanol–water partition coefficient (Wildman–Crippen LogP) is 4.10. The Morgan fingerprint density at radius 2 is 1.94 bits per heavy atom. The highest BCUT2D eigenvalue weighted by Crippen LogP contribution is 2.33. The van der Waals surface area contributed by atoms with E-state index < -0.39 is 11.6 Å². The number of ether oxygens (including phenoxy) is 1. The Balaban J connectivity index is 1.47. The number of hydrogen-bond donors (Lipinski definition) is 1. The standard InChI is InChI=1S/C20H13F2N7OS/c1-10-20(31-16(24-10)9-30-15-6-3-7-23-26-15)14-5-2-4-13(25-14)11-8-12(21)18-19(17(11)22)28-29-27-18/h2-8H,9H2,1H3,(H,27,28,29). The van der Waals surface area contributed by atoms with E-state index in [2.05, 4.69) is 35.6 Å². The van der Waals surface area contributed by atoms with Crippen LogP contribution in [0.25, 0.3) is 32.9 Å². The van der Waals surface area contributed by atoms with E-state index in [9.17, 15) is 8.78 Å². The van der Waals surface area contributed by atoms with Crippen molar-refractivity contribution >= 4 is 22.4 Å². The summed E-state index contributed by atoms with van der Waals surface area (Å²) in [5.74, 6) is -0.937. The van der Waals surface area contributed by atoms with Crippen molar-refractivity contribution in [3.63, 3.8) is 0 Å². The number of nitrogens with one attached hydrogen (secondary N) is 1. The summed E-state index contributed by atoms with van der Waals surface area (Å²) < 4.78 is 34.8. The molecule has 0 radical (unpaired) electrons. The first-order chi connectivity index (χ1) is 15.1. The molecule has 1 aromatic carbocycles. The summed E-state index contributed by atoms with van der Waals surface area (Å²) >= 11 is 1.41. The molecular weight excluding hydrogens is 424 g/mol. The average molecular weight is 437 g/mol. The highest BCUT2D eigenvalue weighted by molar-refractivity contribution is 7.15. The second-order valence-corrected chi connectivity index (χ2v) is 7.62. The summed E-state index contributed by atoms with van der Waals surface area (Å²) in [5.41, 5.74) is 1.41. The molecule has 8 nitrogen and oxygen atoms in total. The summed E-state index contributed by atoms with van der Waals surface area (Å²) in [4.78, 5) is 9.87. The Bertz CT molecular complexity index is 1390. The van der Waals surface area contributed by atoms with Crippen LogP contribution in [0.1, 0.15) is 10.7 Å². The van der Waals surface area contributed by atoms with Crippen LogP contribution in [0.4, 0.5) is 8.78 Å². The maximum atomic E-state index is 14.9. The van der Waals surface area contributed by atoms with Crippen LogP contribution in [0, 0.1) is 18.6 Å². The molecule has 0 bridgehead atoms. The van der Waals surface area contributed by atoms with Gasteiger partial charge in [0.2, 0.25) is 5.88 Å². The lowest BCUT2D eigenvalue weighted by atomic mass is 10.1. The molecule has 0 amide bonds. The summed E-state index contributed by atoms with van der Waals surface area (Å²) in [7, 11) is 0. The number of H-pyrrole nitrogens is 1. The molecule has 11 heteroatoms. The zero-order valence-corrected chi connectivity index (χ0v) is 16.8. The Morgan fingerprint density at radius 3 is 2.77 bits per heavy atom. The van der Waals surface area contributed by atoms with Gasteiger partial charge in [-0.15, -0.1) is 21.5 Å². The Morgan fingerprint density at radius 1 is 1.06 bits per heavy atom. The summed E-state index contributed by atoms with van der Waals surface area (Å²) in [6.07, 6.45) is 1.56. The molecule has 4 aromatic heterocycles. The van der Waals surface area contributed by atoms with Gasteiger partial charge in [0, 0.05) is 17.8 Å². The zero-order valence-electron chi connectivity index (χ0n) is 16.0. The SMILES string of the molecule is Cc1nc(COc2cccnn2)sc1-c1cccc(-c2cc(F)c3nn[nH]c3c2F)n1. The number of fused-ring (bicyclic) bond motifs is 1. The number of nitrogens with zero attached hydrogens (tertiary/aromatic N) is 6. The number of aromatic amines is 1. The van der Waals surface area contributed by atoms with Gasteiger partial charge in [0.25, 0.3) is 0 Å². The monoisotopic (exact) mass is 437 g/mol. The Kier molecular flexibility index (Phi) is 4.79. The van der Waals surface area contributed by atoms with Crippen LogP contribution in [0.3, 0.4) is 0 Å². The molecule has 0 saturated carbocycles.